The molecule has 5 aliphatic rings. The zero-order chi connectivity index (χ0) is 36.5. The number of likely N-dealkylation sites (tertiary alicyclic amines) is 1. The van der Waals surface area contributed by atoms with Crippen molar-refractivity contribution in [3.63, 3.8) is 0 Å². The molecule has 10 nitrogen and oxygen atoms in total. The molecule has 12 heteroatoms. The second kappa shape index (κ2) is 12.9. The Morgan fingerprint density at radius 3 is 2.27 bits per heavy atom. The summed E-state index contributed by atoms with van der Waals surface area (Å²) in [6.45, 7) is 0. The third-order valence-electron chi connectivity index (χ3n) is 12.1. The van der Waals surface area contributed by atoms with Crippen LogP contribution in [0.1, 0.15) is 62.0 Å². The summed E-state index contributed by atoms with van der Waals surface area (Å²) < 4.78 is 25.2. The Hall–Kier alpha value is -4.90. The molecule has 0 aromatic heterocycles. The van der Waals surface area contributed by atoms with Crippen LogP contribution in [0.5, 0.6) is 17.2 Å². The summed E-state index contributed by atoms with van der Waals surface area (Å²) in [6, 6.07) is 14.9. The third-order valence-corrected chi connectivity index (χ3v) is 12.3. The maximum absolute atomic E-state index is 15.4. The summed E-state index contributed by atoms with van der Waals surface area (Å²) in [7, 11) is 2.90. The second-order valence-corrected chi connectivity index (χ2v) is 14.9. The lowest BCUT2D eigenvalue weighted by Gasteiger charge is -2.50. The molecule has 2 saturated heterocycles. The number of amides is 4. The second-order valence-electron chi connectivity index (χ2n) is 14.5. The van der Waals surface area contributed by atoms with E-state index in [-0.39, 0.29) is 47.8 Å². The van der Waals surface area contributed by atoms with Crippen LogP contribution < -0.4 is 14.9 Å². The number of aromatic hydroxyl groups is 1. The smallest absolute Gasteiger partial charge is 0.260 e. The summed E-state index contributed by atoms with van der Waals surface area (Å²) >= 11 is 6.38. The number of carbonyl (C=O) groups excluding carboxylic acids is 4. The molecule has 0 spiro atoms. The van der Waals surface area contributed by atoms with Crippen molar-refractivity contribution >= 4 is 40.9 Å². The van der Waals surface area contributed by atoms with Crippen molar-refractivity contribution in [2.24, 2.45) is 23.7 Å². The normalized spacial score (nSPS) is 28.7. The van der Waals surface area contributed by atoms with Gasteiger partial charge in [0.05, 0.1) is 43.1 Å². The van der Waals surface area contributed by atoms with E-state index in [1.807, 2.05) is 6.08 Å². The molecule has 2 N–H and O–H groups in total. The van der Waals surface area contributed by atoms with Crippen LogP contribution in [0.15, 0.2) is 72.3 Å². The van der Waals surface area contributed by atoms with Crippen molar-refractivity contribution in [3.8, 4) is 17.2 Å². The lowest BCUT2D eigenvalue weighted by molar-refractivity contribution is -0.144. The van der Waals surface area contributed by atoms with Gasteiger partial charge in [-0.3, -0.25) is 29.5 Å². The van der Waals surface area contributed by atoms with Gasteiger partial charge in [-0.25, -0.2) is 4.39 Å². The molecular formula is C40H39ClFN3O7. The molecule has 8 rings (SSSR count). The summed E-state index contributed by atoms with van der Waals surface area (Å²) in [5.74, 6) is -5.77. The molecule has 3 aliphatic carbocycles. The molecular weight excluding hydrogens is 689 g/mol. The number of hydrogen-bond donors (Lipinski definition) is 2. The van der Waals surface area contributed by atoms with Gasteiger partial charge in [0.2, 0.25) is 11.8 Å². The number of carbonyl (C=O) groups is 4. The van der Waals surface area contributed by atoms with E-state index in [0.717, 1.165) is 37.1 Å². The van der Waals surface area contributed by atoms with Crippen molar-refractivity contribution < 1.29 is 38.1 Å². The highest BCUT2D eigenvalue weighted by atomic mass is 35.5. The van der Waals surface area contributed by atoms with Gasteiger partial charge in [-0.1, -0.05) is 54.6 Å². The number of phenols is 1. The van der Waals surface area contributed by atoms with Gasteiger partial charge in [0, 0.05) is 34.7 Å². The van der Waals surface area contributed by atoms with Crippen molar-refractivity contribution in [2.75, 3.05) is 19.6 Å². The Labute approximate surface area is 305 Å². The van der Waals surface area contributed by atoms with E-state index < -0.39 is 52.6 Å². The van der Waals surface area contributed by atoms with E-state index in [1.165, 1.54) is 49.5 Å². The highest BCUT2D eigenvalue weighted by Gasteiger charge is 2.71. The SMILES string of the molecule is COc1cc(O)c(C2C3=CCC4C(=O)N(C5CCCCC5)C(=O)C4C3CC3C(=O)N(Nc4ccc(F)cc4)C(=O)C32c2ccc(Cl)cc2)c(OC)c1. The summed E-state index contributed by atoms with van der Waals surface area (Å²) in [4.78, 5) is 60.3. The molecule has 2 aliphatic heterocycles. The maximum atomic E-state index is 15.4. The molecule has 0 radical (unpaired) electrons. The fourth-order valence-corrected chi connectivity index (χ4v) is 9.98. The zero-order valence-corrected chi connectivity index (χ0v) is 29.6. The first kappa shape index (κ1) is 34.2. The number of hydrogen-bond acceptors (Lipinski definition) is 8. The highest BCUT2D eigenvalue weighted by Crippen LogP contribution is 2.66. The minimum atomic E-state index is -1.67. The van der Waals surface area contributed by atoms with Crippen LogP contribution >= 0.6 is 11.6 Å². The van der Waals surface area contributed by atoms with E-state index in [9.17, 15) is 23.9 Å². The number of allylic oxidation sites excluding steroid dienone is 2. The maximum Gasteiger partial charge on any atom is 0.260 e. The Morgan fingerprint density at radius 1 is 0.885 bits per heavy atom. The average Bonchev–Trinajstić information content (AvgIpc) is 3.53. The molecule has 4 amide bonds. The predicted molar refractivity (Wildman–Crippen MR) is 189 cm³/mol. The molecule has 270 valence electrons. The van der Waals surface area contributed by atoms with E-state index in [4.69, 9.17) is 21.1 Å². The first-order valence-electron chi connectivity index (χ1n) is 17.8. The Bertz CT molecular complexity index is 2000. The lowest BCUT2D eigenvalue weighted by Crippen LogP contribution is -2.53. The molecule has 4 fully saturated rings. The molecule has 2 heterocycles. The monoisotopic (exact) mass is 727 g/mol. The third kappa shape index (κ3) is 5.03. The number of ether oxygens (including phenoxy) is 2. The Kier molecular flexibility index (Phi) is 8.52. The van der Waals surface area contributed by atoms with Gasteiger partial charge in [-0.2, -0.15) is 5.01 Å². The van der Waals surface area contributed by atoms with Crippen molar-refractivity contribution in [2.45, 2.75) is 62.3 Å². The van der Waals surface area contributed by atoms with Crippen LogP contribution in [0, 0.1) is 29.5 Å². The number of imide groups is 2. The first-order valence-corrected chi connectivity index (χ1v) is 18.2. The number of halogens is 2. The lowest BCUT2D eigenvalue weighted by atomic mass is 9.49. The summed E-state index contributed by atoms with van der Waals surface area (Å²) in [5, 5.41) is 13.3. The summed E-state index contributed by atoms with van der Waals surface area (Å²) in [5.41, 5.74) is 2.99. The number of hydrazine groups is 1. The standard InChI is InChI=1S/C40H39ClFN3O7/c1-51-26-18-31(46)34(32(19-26)52-2)35-27-16-17-28-33(38(49)44(36(28)47)25-6-4-3-5-7-25)29(27)20-30-37(48)45(43-24-14-12-23(42)13-15-24)39(50)40(30,35)21-8-10-22(41)11-9-21/h8-16,18-19,25,28-30,33,35,43,46H,3-7,17,20H2,1-2H3. The number of benzene rings is 3. The zero-order valence-electron chi connectivity index (χ0n) is 28.8. The minimum Gasteiger partial charge on any atom is -0.507 e. The number of phenolic OH excluding ortho intramolecular Hbond substituents is 1. The van der Waals surface area contributed by atoms with E-state index in [0.29, 0.717) is 27.6 Å². The fourth-order valence-electron chi connectivity index (χ4n) is 9.86. The van der Waals surface area contributed by atoms with Crippen molar-refractivity contribution in [3.05, 3.63) is 94.3 Å². The van der Waals surface area contributed by atoms with E-state index in [2.05, 4.69) is 5.43 Å². The molecule has 3 aromatic rings. The molecule has 52 heavy (non-hydrogen) atoms. The highest BCUT2D eigenvalue weighted by molar-refractivity contribution is 6.30. The van der Waals surface area contributed by atoms with Gasteiger partial charge >= 0.3 is 0 Å². The molecule has 6 unspecified atom stereocenters. The number of fused-ring (bicyclic) bond motifs is 4. The quantitative estimate of drug-likeness (QED) is 0.208. The Morgan fingerprint density at radius 2 is 1.60 bits per heavy atom. The van der Waals surface area contributed by atoms with Crippen molar-refractivity contribution in [1.82, 2.24) is 9.91 Å². The minimum absolute atomic E-state index is 0.0923. The molecule has 3 aromatic carbocycles. The average molecular weight is 728 g/mol. The molecule has 0 bridgehead atoms. The predicted octanol–water partition coefficient (Wildman–Crippen LogP) is 6.52. The Balaban J connectivity index is 1.35. The van der Waals surface area contributed by atoms with Gasteiger partial charge in [0.25, 0.3) is 11.8 Å². The van der Waals surface area contributed by atoms with Gasteiger partial charge in [-0.05, 0) is 73.6 Å². The van der Waals surface area contributed by atoms with Crippen LogP contribution in [-0.2, 0) is 24.6 Å². The summed E-state index contributed by atoms with van der Waals surface area (Å²) in [6.07, 6.45) is 6.79. The van der Waals surface area contributed by atoms with Crippen LogP contribution in [0.25, 0.3) is 0 Å². The van der Waals surface area contributed by atoms with E-state index >= 15 is 4.79 Å². The van der Waals surface area contributed by atoms with Gasteiger partial charge in [0.1, 0.15) is 23.1 Å². The molecule has 6 atom stereocenters. The topological polar surface area (TPSA) is 125 Å². The van der Waals surface area contributed by atoms with Gasteiger partial charge in [0.15, 0.2) is 0 Å². The van der Waals surface area contributed by atoms with Crippen LogP contribution in [0.4, 0.5) is 10.1 Å². The fraction of sp³-hybridized carbons (Fsp3) is 0.400. The number of nitrogens with zero attached hydrogens (tertiary/aromatic N) is 2. The van der Waals surface area contributed by atoms with Crippen LogP contribution in [-0.4, -0.2) is 58.9 Å². The number of methoxy groups -OCH3 is 2. The van der Waals surface area contributed by atoms with Crippen LogP contribution in [0.3, 0.4) is 0 Å². The largest absolute Gasteiger partial charge is 0.507 e. The van der Waals surface area contributed by atoms with Crippen molar-refractivity contribution in [1.29, 1.82) is 0 Å². The van der Waals surface area contributed by atoms with E-state index in [1.54, 1.807) is 30.3 Å². The number of nitrogens with one attached hydrogen (secondary N) is 1. The van der Waals surface area contributed by atoms with Gasteiger partial charge < -0.3 is 14.6 Å². The molecule has 2 saturated carbocycles. The van der Waals surface area contributed by atoms with Crippen LogP contribution in [0.2, 0.25) is 5.02 Å². The van der Waals surface area contributed by atoms with Gasteiger partial charge in [-0.15, -0.1) is 0 Å². The number of rotatable bonds is 7. The first-order chi connectivity index (χ1) is 25.1. The number of anilines is 1.